The Morgan fingerprint density at radius 3 is 2.21 bits per heavy atom. The molecule has 0 bridgehead atoms. The van der Waals surface area contributed by atoms with Gasteiger partial charge in [-0.2, -0.15) is 0 Å². The zero-order chi connectivity index (χ0) is 20.6. The van der Waals surface area contributed by atoms with Crippen LogP contribution in [0.4, 0.5) is 0 Å². The van der Waals surface area contributed by atoms with E-state index in [1.165, 1.54) is 0 Å². The molecule has 1 atom stereocenters. The highest BCUT2D eigenvalue weighted by Crippen LogP contribution is 2.20. The molecule has 29 heavy (non-hydrogen) atoms. The van der Waals surface area contributed by atoms with Crippen LogP contribution in [-0.4, -0.2) is 50.6 Å². The molecule has 1 heterocycles. The van der Waals surface area contributed by atoms with E-state index in [9.17, 15) is 9.59 Å². The number of carbonyl (C=O) groups is 2. The van der Waals surface area contributed by atoms with Crippen LogP contribution in [0.25, 0.3) is 0 Å². The summed E-state index contributed by atoms with van der Waals surface area (Å²) in [5.41, 5.74) is 0.980. The van der Waals surface area contributed by atoms with Gasteiger partial charge in [-0.1, -0.05) is 12.1 Å². The third-order valence-corrected chi connectivity index (χ3v) is 4.90. The molecule has 0 aliphatic carbocycles. The van der Waals surface area contributed by atoms with Gasteiger partial charge in [-0.15, -0.1) is 0 Å². The Bertz CT molecular complexity index is 820. The second-order valence-electron chi connectivity index (χ2n) is 6.83. The van der Waals surface area contributed by atoms with Crippen molar-refractivity contribution < 1.29 is 23.8 Å². The van der Waals surface area contributed by atoms with E-state index in [0.29, 0.717) is 32.0 Å². The first kappa shape index (κ1) is 20.5. The molecule has 1 saturated heterocycles. The summed E-state index contributed by atoms with van der Waals surface area (Å²) in [6.45, 7) is 1.67. The van der Waals surface area contributed by atoms with Crippen LogP contribution < -0.4 is 19.5 Å². The number of ether oxygens (including phenoxy) is 3. The van der Waals surface area contributed by atoms with E-state index in [1.54, 1.807) is 19.1 Å². The van der Waals surface area contributed by atoms with E-state index < -0.39 is 0 Å². The van der Waals surface area contributed by atoms with E-state index in [-0.39, 0.29) is 24.2 Å². The monoisotopic (exact) mass is 398 g/mol. The lowest BCUT2D eigenvalue weighted by molar-refractivity contribution is -0.129. The number of nitrogens with zero attached hydrogens (tertiary/aromatic N) is 1. The van der Waals surface area contributed by atoms with Crippen molar-refractivity contribution in [1.82, 2.24) is 10.2 Å². The highest BCUT2D eigenvalue weighted by atomic mass is 16.5. The molecule has 0 aromatic heterocycles. The highest BCUT2D eigenvalue weighted by molar-refractivity contribution is 5.89. The standard InChI is InChI=1S/C22H26N2O5/c1-27-18-5-3-16(4-6-18)14-23-22(26)17-13-21(25)24(15-17)11-12-29-20-9-7-19(28-2)8-10-20/h3-10,17H,11-15H2,1-2H3,(H,23,26). The predicted octanol–water partition coefficient (Wildman–Crippen LogP) is 2.25. The fraction of sp³-hybridized carbons (Fsp3) is 0.364. The number of rotatable bonds is 9. The molecule has 1 fully saturated rings. The van der Waals surface area contributed by atoms with Gasteiger partial charge in [0.05, 0.1) is 26.7 Å². The Morgan fingerprint density at radius 1 is 1.00 bits per heavy atom. The normalized spacial score (nSPS) is 15.9. The summed E-state index contributed by atoms with van der Waals surface area (Å²) in [5, 5.41) is 2.91. The molecule has 2 aromatic carbocycles. The SMILES string of the molecule is COc1ccc(CNC(=O)C2CC(=O)N(CCOc3ccc(OC)cc3)C2)cc1. The molecule has 0 saturated carbocycles. The Morgan fingerprint density at radius 2 is 1.59 bits per heavy atom. The molecular weight excluding hydrogens is 372 g/mol. The first-order valence-electron chi connectivity index (χ1n) is 9.54. The van der Waals surface area contributed by atoms with Crippen LogP contribution in [0.3, 0.4) is 0 Å². The van der Waals surface area contributed by atoms with Gasteiger partial charge in [0, 0.05) is 19.5 Å². The van der Waals surface area contributed by atoms with E-state index in [1.807, 2.05) is 48.5 Å². The van der Waals surface area contributed by atoms with Gasteiger partial charge < -0.3 is 24.4 Å². The van der Waals surface area contributed by atoms with Crippen LogP contribution >= 0.6 is 0 Å². The maximum atomic E-state index is 12.4. The van der Waals surface area contributed by atoms with E-state index in [0.717, 1.165) is 17.1 Å². The highest BCUT2D eigenvalue weighted by Gasteiger charge is 2.33. The molecule has 3 rings (SSSR count). The third kappa shape index (κ3) is 5.63. The van der Waals surface area contributed by atoms with Crippen LogP contribution in [-0.2, 0) is 16.1 Å². The lowest BCUT2D eigenvalue weighted by Gasteiger charge is -2.17. The summed E-state index contributed by atoms with van der Waals surface area (Å²) < 4.78 is 15.9. The third-order valence-electron chi connectivity index (χ3n) is 4.90. The average molecular weight is 398 g/mol. The number of hydrogen-bond donors (Lipinski definition) is 1. The number of nitrogens with one attached hydrogen (secondary N) is 1. The molecular formula is C22H26N2O5. The second-order valence-corrected chi connectivity index (χ2v) is 6.83. The number of hydrogen-bond acceptors (Lipinski definition) is 5. The Hall–Kier alpha value is -3.22. The van der Waals surface area contributed by atoms with Crippen molar-refractivity contribution in [3.8, 4) is 17.2 Å². The summed E-state index contributed by atoms with van der Waals surface area (Å²) in [6.07, 6.45) is 0.233. The van der Waals surface area contributed by atoms with Crippen molar-refractivity contribution in [2.24, 2.45) is 5.92 Å². The molecule has 154 valence electrons. The average Bonchev–Trinajstić information content (AvgIpc) is 3.13. The topological polar surface area (TPSA) is 77.1 Å². The lowest BCUT2D eigenvalue weighted by Crippen LogP contribution is -2.34. The minimum Gasteiger partial charge on any atom is -0.497 e. The quantitative estimate of drug-likeness (QED) is 0.701. The molecule has 2 aromatic rings. The van der Waals surface area contributed by atoms with Gasteiger partial charge in [-0.05, 0) is 42.0 Å². The van der Waals surface area contributed by atoms with Crippen LogP contribution in [0.15, 0.2) is 48.5 Å². The van der Waals surface area contributed by atoms with Gasteiger partial charge in [0.1, 0.15) is 23.9 Å². The van der Waals surface area contributed by atoms with E-state index >= 15 is 0 Å². The molecule has 2 amide bonds. The maximum absolute atomic E-state index is 12.4. The fourth-order valence-corrected chi connectivity index (χ4v) is 3.19. The Balaban J connectivity index is 1.41. The maximum Gasteiger partial charge on any atom is 0.225 e. The van der Waals surface area contributed by atoms with Gasteiger partial charge in [-0.3, -0.25) is 9.59 Å². The van der Waals surface area contributed by atoms with Gasteiger partial charge >= 0.3 is 0 Å². The first-order chi connectivity index (χ1) is 14.1. The van der Waals surface area contributed by atoms with Gasteiger partial charge in [-0.25, -0.2) is 0 Å². The van der Waals surface area contributed by atoms with Crippen LogP contribution in [0.1, 0.15) is 12.0 Å². The van der Waals surface area contributed by atoms with Crippen molar-refractivity contribution in [2.75, 3.05) is 33.9 Å². The Kier molecular flexibility index (Phi) is 6.94. The molecule has 1 unspecified atom stereocenters. The molecule has 1 N–H and O–H groups in total. The molecule has 0 radical (unpaired) electrons. The summed E-state index contributed by atoms with van der Waals surface area (Å²) >= 11 is 0. The number of carbonyl (C=O) groups excluding carboxylic acids is 2. The summed E-state index contributed by atoms with van der Waals surface area (Å²) in [6, 6.07) is 14.8. The number of benzene rings is 2. The van der Waals surface area contributed by atoms with Gasteiger partial charge in [0.25, 0.3) is 0 Å². The van der Waals surface area contributed by atoms with Crippen molar-refractivity contribution in [3.05, 3.63) is 54.1 Å². The van der Waals surface area contributed by atoms with Gasteiger partial charge in [0.2, 0.25) is 11.8 Å². The minimum atomic E-state index is -0.332. The summed E-state index contributed by atoms with van der Waals surface area (Å²) in [7, 11) is 3.22. The largest absolute Gasteiger partial charge is 0.497 e. The molecule has 7 heteroatoms. The predicted molar refractivity (Wildman–Crippen MR) is 108 cm³/mol. The van der Waals surface area contributed by atoms with Crippen LogP contribution in [0.5, 0.6) is 17.2 Å². The van der Waals surface area contributed by atoms with E-state index in [2.05, 4.69) is 5.32 Å². The van der Waals surface area contributed by atoms with Gasteiger partial charge in [0.15, 0.2) is 0 Å². The van der Waals surface area contributed by atoms with Crippen molar-refractivity contribution >= 4 is 11.8 Å². The fourth-order valence-electron chi connectivity index (χ4n) is 3.19. The van der Waals surface area contributed by atoms with Crippen molar-refractivity contribution in [1.29, 1.82) is 0 Å². The number of amides is 2. The second kappa shape index (κ2) is 9.82. The molecule has 1 aliphatic heterocycles. The lowest BCUT2D eigenvalue weighted by atomic mass is 10.1. The minimum absolute atomic E-state index is 0.0204. The number of likely N-dealkylation sites (tertiary alicyclic amines) is 1. The van der Waals surface area contributed by atoms with Crippen molar-refractivity contribution in [3.63, 3.8) is 0 Å². The van der Waals surface area contributed by atoms with Crippen LogP contribution in [0, 0.1) is 5.92 Å². The first-order valence-corrected chi connectivity index (χ1v) is 9.54. The van der Waals surface area contributed by atoms with Crippen LogP contribution in [0.2, 0.25) is 0 Å². The molecule has 7 nitrogen and oxygen atoms in total. The smallest absolute Gasteiger partial charge is 0.225 e. The zero-order valence-electron chi connectivity index (χ0n) is 16.7. The van der Waals surface area contributed by atoms with E-state index in [4.69, 9.17) is 14.2 Å². The van der Waals surface area contributed by atoms with Crippen molar-refractivity contribution in [2.45, 2.75) is 13.0 Å². The number of methoxy groups -OCH3 is 2. The zero-order valence-corrected chi connectivity index (χ0v) is 16.7. The summed E-state index contributed by atoms with van der Waals surface area (Å²) in [5.74, 6) is 1.79. The molecule has 0 spiro atoms. The Labute approximate surface area is 170 Å². The summed E-state index contributed by atoms with van der Waals surface area (Å²) in [4.78, 5) is 26.3. The molecule has 1 aliphatic rings.